The number of benzene rings is 1. The lowest BCUT2D eigenvalue weighted by Crippen LogP contribution is -2.23. The van der Waals surface area contributed by atoms with Gasteiger partial charge in [0.05, 0.1) is 11.4 Å². The first-order valence-electron chi connectivity index (χ1n) is 7.85. The van der Waals surface area contributed by atoms with E-state index < -0.39 is 0 Å². The number of carbonyl (C=O) groups is 1. The van der Waals surface area contributed by atoms with Crippen LogP contribution in [0.15, 0.2) is 48.8 Å². The summed E-state index contributed by atoms with van der Waals surface area (Å²) in [6.07, 6.45) is 3.95. The molecular weight excluding hydrogens is 288 g/mol. The van der Waals surface area contributed by atoms with Crippen molar-refractivity contribution in [3.8, 4) is 11.1 Å². The molecule has 0 saturated carbocycles. The molecule has 0 atom stereocenters. The molecule has 2 aromatic heterocycles. The molecule has 5 nitrogen and oxygen atoms in total. The largest absolute Gasteiger partial charge is 0.369 e. The average molecular weight is 308 g/mol. The van der Waals surface area contributed by atoms with Gasteiger partial charge in [0.15, 0.2) is 0 Å². The molecule has 23 heavy (non-hydrogen) atoms. The van der Waals surface area contributed by atoms with Crippen molar-refractivity contribution in [3.05, 3.63) is 60.2 Å². The molecule has 5 heteroatoms. The van der Waals surface area contributed by atoms with Crippen LogP contribution < -0.4 is 0 Å². The molecule has 0 spiro atoms. The number of nitrogens with zero attached hydrogens (tertiary/aromatic N) is 4. The SMILES string of the molecule is CCc1c(-c2ccccc2)c(C(C)C)nn1C(=O)n1cccn1. The molecule has 0 radical (unpaired) electrons. The molecular formula is C18H20N4O. The maximum Gasteiger partial charge on any atom is 0.369 e. The number of carbonyl (C=O) groups excluding carboxylic acids is 1. The summed E-state index contributed by atoms with van der Waals surface area (Å²) < 4.78 is 2.80. The van der Waals surface area contributed by atoms with Crippen molar-refractivity contribution >= 4 is 6.03 Å². The van der Waals surface area contributed by atoms with Crippen molar-refractivity contribution in [1.82, 2.24) is 19.6 Å². The van der Waals surface area contributed by atoms with E-state index in [1.807, 2.05) is 25.1 Å². The minimum absolute atomic E-state index is 0.224. The van der Waals surface area contributed by atoms with Gasteiger partial charge in [-0.3, -0.25) is 0 Å². The van der Waals surface area contributed by atoms with Crippen LogP contribution in [0.3, 0.4) is 0 Å². The fraction of sp³-hybridized carbons (Fsp3) is 0.278. The molecule has 0 aliphatic rings. The lowest BCUT2D eigenvalue weighted by atomic mass is 9.96. The lowest BCUT2D eigenvalue weighted by Gasteiger charge is -2.08. The summed E-state index contributed by atoms with van der Waals surface area (Å²) in [5, 5.41) is 8.65. The Kier molecular flexibility index (Phi) is 4.10. The minimum atomic E-state index is -0.254. The highest BCUT2D eigenvalue weighted by molar-refractivity contribution is 5.82. The second-order valence-electron chi connectivity index (χ2n) is 5.73. The Morgan fingerprint density at radius 3 is 2.48 bits per heavy atom. The first kappa shape index (κ1) is 15.2. The fourth-order valence-corrected chi connectivity index (χ4v) is 2.76. The Balaban J connectivity index is 2.21. The van der Waals surface area contributed by atoms with Gasteiger partial charge in [-0.15, -0.1) is 0 Å². The standard InChI is InChI=1S/C18H20N4O/c1-4-15-16(14-9-6-5-7-10-14)17(13(2)3)20-22(15)18(23)21-12-8-11-19-21/h5-13H,4H2,1-3H3. The van der Waals surface area contributed by atoms with Crippen LogP contribution in [0.4, 0.5) is 4.79 Å². The summed E-state index contributed by atoms with van der Waals surface area (Å²) in [7, 11) is 0. The molecule has 0 amide bonds. The van der Waals surface area contributed by atoms with Crippen molar-refractivity contribution in [1.29, 1.82) is 0 Å². The monoisotopic (exact) mass is 308 g/mol. The molecule has 0 aliphatic carbocycles. The molecule has 0 unspecified atom stereocenters. The van der Waals surface area contributed by atoms with Crippen LogP contribution in [-0.2, 0) is 6.42 Å². The fourth-order valence-electron chi connectivity index (χ4n) is 2.76. The van der Waals surface area contributed by atoms with E-state index in [9.17, 15) is 4.79 Å². The zero-order valence-electron chi connectivity index (χ0n) is 13.6. The lowest BCUT2D eigenvalue weighted by molar-refractivity contribution is 0.237. The van der Waals surface area contributed by atoms with E-state index in [2.05, 4.69) is 36.2 Å². The van der Waals surface area contributed by atoms with Crippen molar-refractivity contribution in [2.45, 2.75) is 33.1 Å². The van der Waals surface area contributed by atoms with Crippen LogP contribution in [0.1, 0.15) is 38.1 Å². The molecule has 1 aromatic carbocycles. The van der Waals surface area contributed by atoms with Gasteiger partial charge >= 0.3 is 6.03 Å². The first-order valence-corrected chi connectivity index (χ1v) is 7.85. The minimum Gasteiger partial charge on any atom is -0.244 e. The van der Waals surface area contributed by atoms with Crippen LogP contribution in [0.5, 0.6) is 0 Å². The van der Waals surface area contributed by atoms with Crippen LogP contribution in [0.25, 0.3) is 11.1 Å². The maximum absolute atomic E-state index is 12.7. The van der Waals surface area contributed by atoms with Gasteiger partial charge in [-0.2, -0.15) is 19.6 Å². The van der Waals surface area contributed by atoms with E-state index in [0.29, 0.717) is 0 Å². The third-order valence-corrected chi connectivity index (χ3v) is 3.83. The Labute approximate surface area is 135 Å². The molecule has 0 N–H and O–H groups in total. The predicted octanol–water partition coefficient (Wildman–Crippen LogP) is 3.95. The van der Waals surface area contributed by atoms with Crippen molar-refractivity contribution < 1.29 is 4.79 Å². The topological polar surface area (TPSA) is 52.7 Å². The maximum atomic E-state index is 12.7. The van der Waals surface area contributed by atoms with E-state index in [1.54, 1.807) is 18.5 Å². The van der Waals surface area contributed by atoms with Crippen molar-refractivity contribution in [3.63, 3.8) is 0 Å². The smallest absolute Gasteiger partial charge is 0.244 e. The van der Waals surface area contributed by atoms with E-state index >= 15 is 0 Å². The van der Waals surface area contributed by atoms with Gasteiger partial charge in [0.25, 0.3) is 0 Å². The van der Waals surface area contributed by atoms with Gasteiger partial charge < -0.3 is 0 Å². The van der Waals surface area contributed by atoms with E-state index in [-0.39, 0.29) is 11.9 Å². The Morgan fingerprint density at radius 1 is 1.17 bits per heavy atom. The number of rotatable bonds is 3. The molecule has 0 saturated heterocycles. The number of hydrogen-bond donors (Lipinski definition) is 0. The molecule has 2 heterocycles. The highest BCUT2D eigenvalue weighted by atomic mass is 16.2. The molecule has 0 aliphatic heterocycles. The third kappa shape index (κ3) is 2.70. The van der Waals surface area contributed by atoms with Crippen LogP contribution in [-0.4, -0.2) is 25.6 Å². The van der Waals surface area contributed by atoms with Gasteiger partial charge in [0.1, 0.15) is 0 Å². The summed E-state index contributed by atoms with van der Waals surface area (Å²) in [6, 6.07) is 11.6. The van der Waals surface area contributed by atoms with Crippen LogP contribution in [0.2, 0.25) is 0 Å². The van der Waals surface area contributed by atoms with Crippen LogP contribution >= 0.6 is 0 Å². The summed E-state index contributed by atoms with van der Waals surface area (Å²) >= 11 is 0. The normalized spacial score (nSPS) is 11.1. The average Bonchev–Trinajstić information content (AvgIpc) is 3.22. The summed E-state index contributed by atoms with van der Waals surface area (Å²) in [6.45, 7) is 6.23. The van der Waals surface area contributed by atoms with Gasteiger partial charge in [-0.1, -0.05) is 51.1 Å². The zero-order chi connectivity index (χ0) is 16.4. The van der Waals surface area contributed by atoms with Gasteiger partial charge in [0, 0.05) is 18.0 Å². The quantitative estimate of drug-likeness (QED) is 0.736. The summed E-state index contributed by atoms with van der Waals surface area (Å²) in [5.41, 5.74) is 4.00. The second kappa shape index (κ2) is 6.20. The molecule has 3 aromatic rings. The third-order valence-electron chi connectivity index (χ3n) is 3.83. The number of hydrogen-bond acceptors (Lipinski definition) is 3. The molecule has 118 valence electrons. The Bertz CT molecular complexity index is 801. The summed E-state index contributed by atoms with van der Waals surface area (Å²) in [5.74, 6) is 0.224. The van der Waals surface area contributed by atoms with Gasteiger partial charge in [-0.25, -0.2) is 4.79 Å². The zero-order valence-corrected chi connectivity index (χ0v) is 13.6. The van der Waals surface area contributed by atoms with Gasteiger partial charge in [-0.05, 0) is 24.0 Å². The first-order chi connectivity index (χ1) is 11.1. The highest BCUT2D eigenvalue weighted by Gasteiger charge is 2.24. The molecule has 3 rings (SSSR count). The molecule has 0 fully saturated rings. The van der Waals surface area contributed by atoms with Crippen molar-refractivity contribution in [2.75, 3.05) is 0 Å². The Morgan fingerprint density at radius 2 is 1.91 bits per heavy atom. The van der Waals surface area contributed by atoms with E-state index in [0.717, 1.165) is 28.9 Å². The summed E-state index contributed by atoms with van der Waals surface area (Å²) in [4.78, 5) is 12.7. The molecule has 0 bridgehead atoms. The van der Waals surface area contributed by atoms with E-state index in [4.69, 9.17) is 0 Å². The highest BCUT2D eigenvalue weighted by Crippen LogP contribution is 2.32. The second-order valence-corrected chi connectivity index (χ2v) is 5.73. The van der Waals surface area contributed by atoms with Gasteiger partial charge in [0.2, 0.25) is 0 Å². The Hall–Kier alpha value is -2.69. The van der Waals surface area contributed by atoms with E-state index in [1.165, 1.54) is 9.36 Å². The van der Waals surface area contributed by atoms with Crippen LogP contribution in [0, 0.1) is 0 Å². The number of aromatic nitrogens is 4. The predicted molar refractivity (Wildman–Crippen MR) is 89.5 cm³/mol. The van der Waals surface area contributed by atoms with Crippen molar-refractivity contribution in [2.24, 2.45) is 0 Å².